The maximum Gasteiger partial charge on any atom is 0.158 e. The van der Waals surface area contributed by atoms with Crippen LogP contribution in [0.1, 0.15) is 25.2 Å². The summed E-state index contributed by atoms with van der Waals surface area (Å²) in [5.74, 6) is 1.41. The minimum atomic E-state index is 0.372. The summed E-state index contributed by atoms with van der Waals surface area (Å²) in [5, 5.41) is 0.433. The highest BCUT2D eigenvalue weighted by Crippen LogP contribution is 2.18. The number of nitrogens with zero attached hydrogens (tertiary/aromatic N) is 4. The molecule has 0 N–H and O–H groups in total. The third-order valence-electron chi connectivity index (χ3n) is 2.99. The Hall–Kier alpha value is -1.72. The second kappa shape index (κ2) is 7.90. The van der Waals surface area contributed by atoms with Crippen molar-refractivity contribution >= 4 is 17.4 Å². The van der Waals surface area contributed by atoms with Gasteiger partial charge in [-0.1, -0.05) is 11.6 Å². The summed E-state index contributed by atoms with van der Waals surface area (Å²) in [6.07, 6.45) is 3.58. The molecule has 0 spiro atoms. The molecule has 2 aromatic rings. The van der Waals surface area contributed by atoms with Crippen molar-refractivity contribution in [2.45, 2.75) is 27.0 Å². The Morgan fingerprint density at radius 1 is 1.19 bits per heavy atom. The Balaban J connectivity index is 2.19. The number of ether oxygens (including phenoxy) is 1. The van der Waals surface area contributed by atoms with Crippen LogP contribution in [0, 0.1) is 0 Å². The van der Waals surface area contributed by atoms with E-state index in [0.717, 1.165) is 18.9 Å². The van der Waals surface area contributed by atoms with Gasteiger partial charge in [0, 0.05) is 38.2 Å². The van der Waals surface area contributed by atoms with Gasteiger partial charge in [0.2, 0.25) is 0 Å². The quantitative estimate of drug-likeness (QED) is 0.736. The van der Waals surface area contributed by atoms with Gasteiger partial charge in [0.05, 0.1) is 0 Å². The average molecular weight is 307 g/mol. The minimum absolute atomic E-state index is 0.372. The molecule has 2 aromatic heterocycles. The molecule has 0 fully saturated rings. The van der Waals surface area contributed by atoms with E-state index in [1.807, 2.05) is 19.1 Å². The third kappa shape index (κ3) is 4.65. The van der Waals surface area contributed by atoms with Crippen molar-refractivity contribution in [2.24, 2.45) is 0 Å². The van der Waals surface area contributed by atoms with Crippen LogP contribution in [0.2, 0.25) is 5.15 Å². The summed E-state index contributed by atoms with van der Waals surface area (Å²) in [6, 6.07) is 5.76. The number of halogens is 1. The van der Waals surface area contributed by atoms with E-state index < -0.39 is 0 Å². The van der Waals surface area contributed by atoms with Crippen LogP contribution < -0.4 is 4.90 Å². The zero-order valence-corrected chi connectivity index (χ0v) is 13.0. The molecule has 0 bridgehead atoms. The highest BCUT2D eigenvalue weighted by Gasteiger charge is 2.10. The molecule has 0 aliphatic rings. The predicted molar refractivity (Wildman–Crippen MR) is 83.3 cm³/mol. The van der Waals surface area contributed by atoms with Crippen LogP contribution in [0.15, 0.2) is 30.6 Å². The van der Waals surface area contributed by atoms with E-state index in [1.54, 1.807) is 18.5 Å². The maximum absolute atomic E-state index is 6.09. The first-order chi connectivity index (χ1) is 10.2. The van der Waals surface area contributed by atoms with Crippen molar-refractivity contribution in [1.82, 2.24) is 15.0 Å². The van der Waals surface area contributed by atoms with Gasteiger partial charge in [-0.3, -0.25) is 4.98 Å². The fraction of sp³-hybridized carbons (Fsp3) is 0.400. The van der Waals surface area contributed by atoms with Gasteiger partial charge >= 0.3 is 0 Å². The molecule has 0 saturated heterocycles. The van der Waals surface area contributed by atoms with Gasteiger partial charge in [-0.2, -0.15) is 0 Å². The van der Waals surface area contributed by atoms with Gasteiger partial charge in [0.1, 0.15) is 17.6 Å². The smallest absolute Gasteiger partial charge is 0.158 e. The molecule has 2 heterocycles. The largest absolute Gasteiger partial charge is 0.374 e. The van der Waals surface area contributed by atoms with Crippen LogP contribution in [0.3, 0.4) is 0 Å². The average Bonchev–Trinajstić information content (AvgIpc) is 2.51. The molecule has 0 aliphatic carbocycles. The molecule has 6 heteroatoms. The van der Waals surface area contributed by atoms with Crippen LogP contribution in [0.4, 0.5) is 5.82 Å². The van der Waals surface area contributed by atoms with Crippen molar-refractivity contribution in [3.05, 3.63) is 47.1 Å². The Labute approximate surface area is 130 Å². The Morgan fingerprint density at radius 3 is 2.62 bits per heavy atom. The van der Waals surface area contributed by atoms with E-state index in [1.165, 1.54) is 5.56 Å². The summed E-state index contributed by atoms with van der Waals surface area (Å²) in [4.78, 5) is 14.9. The number of aromatic nitrogens is 3. The standard InChI is InChI=1S/C15H19ClN4O/c1-3-20(10-12-5-7-17-8-6-12)15-9-13(16)18-14(19-15)11-21-4-2/h5-9H,3-4,10-11H2,1-2H3. The molecule has 5 nitrogen and oxygen atoms in total. The SMILES string of the molecule is CCOCc1nc(Cl)cc(N(CC)Cc2ccncc2)n1. The Kier molecular flexibility index (Phi) is 5.90. The molecule has 0 radical (unpaired) electrons. The first kappa shape index (κ1) is 15.7. The fourth-order valence-electron chi connectivity index (χ4n) is 1.93. The number of anilines is 1. The van der Waals surface area contributed by atoms with E-state index in [-0.39, 0.29) is 0 Å². The van der Waals surface area contributed by atoms with Crippen LogP contribution >= 0.6 is 11.6 Å². The summed E-state index contributed by atoms with van der Waals surface area (Å²) in [5.41, 5.74) is 1.17. The molecule has 21 heavy (non-hydrogen) atoms. The highest BCUT2D eigenvalue weighted by molar-refractivity contribution is 6.29. The van der Waals surface area contributed by atoms with Crippen molar-refractivity contribution in [1.29, 1.82) is 0 Å². The maximum atomic E-state index is 6.09. The number of hydrogen-bond donors (Lipinski definition) is 0. The first-order valence-corrected chi connectivity index (χ1v) is 7.35. The van der Waals surface area contributed by atoms with Gasteiger partial charge in [-0.05, 0) is 31.5 Å². The summed E-state index contributed by atoms with van der Waals surface area (Å²) >= 11 is 6.09. The molecule has 0 saturated carbocycles. The molecule has 0 aromatic carbocycles. The highest BCUT2D eigenvalue weighted by atomic mass is 35.5. The van der Waals surface area contributed by atoms with Crippen molar-refractivity contribution in [3.63, 3.8) is 0 Å². The van der Waals surface area contributed by atoms with Gasteiger partial charge in [0.25, 0.3) is 0 Å². The topological polar surface area (TPSA) is 51.1 Å². The van der Waals surface area contributed by atoms with Crippen molar-refractivity contribution in [3.8, 4) is 0 Å². The second-order valence-corrected chi connectivity index (χ2v) is 4.86. The van der Waals surface area contributed by atoms with E-state index in [2.05, 4.69) is 26.8 Å². The molecule has 112 valence electrons. The lowest BCUT2D eigenvalue weighted by Crippen LogP contribution is -2.23. The molecule has 0 atom stereocenters. The Morgan fingerprint density at radius 2 is 1.95 bits per heavy atom. The first-order valence-electron chi connectivity index (χ1n) is 6.98. The molecule has 0 amide bonds. The van der Waals surface area contributed by atoms with Gasteiger partial charge in [0.15, 0.2) is 5.82 Å². The number of rotatable bonds is 7. The van der Waals surface area contributed by atoms with E-state index in [4.69, 9.17) is 16.3 Å². The minimum Gasteiger partial charge on any atom is -0.374 e. The summed E-state index contributed by atoms with van der Waals surface area (Å²) in [6.45, 7) is 6.59. The van der Waals surface area contributed by atoms with E-state index in [0.29, 0.717) is 24.2 Å². The zero-order valence-electron chi connectivity index (χ0n) is 12.3. The third-order valence-corrected chi connectivity index (χ3v) is 3.19. The molecular weight excluding hydrogens is 288 g/mol. The predicted octanol–water partition coefficient (Wildman–Crippen LogP) is 3.09. The lowest BCUT2D eigenvalue weighted by atomic mass is 10.2. The van der Waals surface area contributed by atoms with Gasteiger partial charge < -0.3 is 9.64 Å². The fourth-order valence-corrected chi connectivity index (χ4v) is 2.13. The zero-order chi connectivity index (χ0) is 15.1. The summed E-state index contributed by atoms with van der Waals surface area (Å²) < 4.78 is 5.35. The van der Waals surface area contributed by atoms with Crippen molar-refractivity contribution in [2.75, 3.05) is 18.1 Å². The normalized spacial score (nSPS) is 10.6. The summed E-state index contributed by atoms with van der Waals surface area (Å²) in [7, 11) is 0. The molecule has 0 aliphatic heterocycles. The lowest BCUT2D eigenvalue weighted by molar-refractivity contribution is 0.128. The molecular formula is C15H19ClN4O. The van der Waals surface area contributed by atoms with Crippen molar-refractivity contribution < 1.29 is 4.74 Å². The van der Waals surface area contributed by atoms with E-state index >= 15 is 0 Å². The van der Waals surface area contributed by atoms with Crippen LogP contribution in [-0.4, -0.2) is 28.1 Å². The van der Waals surface area contributed by atoms with Gasteiger partial charge in [-0.25, -0.2) is 9.97 Å². The number of pyridine rings is 1. The Bertz CT molecular complexity index is 565. The number of hydrogen-bond acceptors (Lipinski definition) is 5. The lowest BCUT2D eigenvalue weighted by Gasteiger charge is -2.22. The molecule has 0 unspecified atom stereocenters. The molecule has 2 rings (SSSR count). The van der Waals surface area contributed by atoms with Crippen LogP contribution in [0.25, 0.3) is 0 Å². The second-order valence-electron chi connectivity index (χ2n) is 4.47. The van der Waals surface area contributed by atoms with Crippen LogP contribution in [0.5, 0.6) is 0 Å². The van der Waals surface area contributed by atoms with Crippen LogP contribution in [-0.2, 0) is 17.9 Å². The van der Waals surface area contributed by atoms with Gasteiger partial charge in [-0.15, -0.1) is 0 Å². The monoisotopic (exact) mass is 306 g/mol. The van der Waals surface area contributed by atoms with E-state index in [9.17, 15) is 0 Å².